The summed E-state index contributed by atoms with van der Waals surface area (Å²) in [6.45, 7) is 3.16. The third-order valence-corrected chi connectivity index (χ3v) is 12.0. The van der Waals surface area contributed by atoms with Gasteiger partial charge in [-0.1, -0.05) is 12.1 Å². The quantitative estimate of drug-likeness (QED) is 0.203. The molecule has 0 spiro atoms. The van der Waals surface area contributed by atoms with Crippen LogP contribution in [-0.2, 0) is 16.6 Å². The summed E-state index contributed by atoms with van der Waals surface area (Å²) < 4.78 is 14.5. The highest BCUT2D eigenvalue weighted by molar-refractivity contribution is 6.23. The van der Waals surface area contributed by atoms with Crippen LogP contribution < -0.4 is 14.8 Å². The molecule has 13 nitrogen and oxygen atoms in total. The normalized spacial score (nSPS) is 22.0. The molecule has 4 amide bonds. The van der Waals surface area contributed by atoms with Crippen molar-refractivity contribution < 1.29 is 28.7 Å². The molecule has 55 heavy (non-hydrogen) atoms. The molecule has 1 atom stereocenters. The van der Waals surface area contributed by atoms with Crippen LogP contribution in [0.4, 0.5) is 0 Å². The van der Waals surface area contributed by atoms with Crippen LogP contribution in [0.3, 0.4) is 0 Å². The molecule has 2 saturated heterocycles. The highest BCUT2D eigenvalue weighted by Crippen LogP contribution is 2.35. The number of rotatable bonds is 10. The molecule has 1 aliphatic carbocycles. The van der Waals surface area contributed by atoms with Gasteiger partial charge in [0.1, 0.15) is 24.5 Å². The maximum atomic E-state index is 13.1. The van der Waals surface area contributed by atoms with E-state index in [2.05, 4.69) is 68.0 Å². The number of amides is 4. The maximum absolute atomic E-state index is 13.1. The van der Waals surface area contributed by atoms with Crippen LogP contribution in [0.15, 0.2) is 73.2 Å². The van der Waals surface area contributed by atoms with Gasteiger partial charge in [-0.25, -0.2) is 4.98 Å². The lowest BCUT2D eigenvalue weighted by molar-refractivity contribution is -0.136. The molecule has 3 aromatic heterocycles. The molecule has 3 aliphatic heterocycles. The van der Waals surface area contributed by atoms with Crippen LogP contribution in [0.25, 0.3) is 32.9 Å². The molecule has 3 fully saturated rings. The van der Waals surface area contributed by atoms with E-state index in [1.807, 2.05) is 30.7 Å². The number of fused-ring (bicyclic) bond motifs is 4. The van der Waals surface area contributed by atoms with E-state index in [1.54, 1.807) is 18.2 Å². The fourth-order valence-corrected chi connectivity index (χ4v) is 8.67. The Morgan fingerprint density at radius 3 is 2.42 bits per heavy atom. The van der Waals surface area contributed by atoms with Crippen LogP contribution in [0.5, 0.6) is 11.6 Å². The molecule has 13 heteroatoms. The van der Waals surface area contributed by atoms with Crippen molar-refractivity contribution in [3.05, 3.63) is 84.3 Å². The standard InChI is InChI=1S/C42H43N7O6/c1-46(28-20-30(21-28)55-39-10-4-26(23-44-39)25-3-6-31-34-24-43-14-11-35(34)47(2)37(31)19-25)27-12-15-48(16-13-27)17-18-54-29-5-7-32-33(22-29)42(53)49(41(32)52)36-8-9-38(50)45-40(36)51/h3-7,10-11,14,19,22-24,27-28,30,36H,8-9,12-13,15-18,20-21H2,1-2H3,(H,45,50,51)/t28-,30-,36?. The van der Waals surface area contributed by atoms with Gasteiger partial charge in [-0.3, -0.25) is 39.3 Å². The summed E-state index contributed by atoms with van der Waals surface area (Å²) in [5.74, 6) is -0.910. The molecule has 2 aromatic carbocycles. The number of piperidine rings is 2. The number of aromatic nitrogens is 3. The summed E-state index contributed by atoms with van der Waals surface area (Å²) >= 11 is 0. The number of imide groups is 2. The Bertz CT molecular complexity index is 2330. The van der Waals surface area contributed by atoms with Crippen LogP contribution in [0.2, 0.25) is 0 Å². The maximum Gasteiger partial charge on any atom is 0.262 e. The first kappa shape index (κ1) is 35.1. The minimum atomic E-state index is -0.987. The zero-order chi connectivity index (χ0) is 37.8. The second-order valence-electron chi connectivity index (χ2n) is 15.2. The molecule has 282 valence electrons. The summed E-state index contributed by atoms with van der Waals surface area (Å²) in [4.78, 5) is 64.9. The summed E-state index contributed by atoms with van der Waals surface area (Å²) in [5, 5.41) is 4.57. The molecular formula is C42H43N7O6. The van der Waals surface area contributed by atoms with Crippen molar-refractivity contribution in [3.8, 4) is 22.8 Å². The first-order valence-electron chi connectivity index (χ1n) is 19.1. The number of likely N-dealkylation sites (tertiary alicyclic amines) is 1. The molecule has 6 heterocycles. The minimum Gasteiger partial charge on any atom is -0.492 e. The number of benzene rings is 2. The van der Waals surface area contributed by atoms with Gasteiger partial charge in [-0.15, -0.1) is 0 Å². The summed E-state index contributed by atoms with van der Waals surface area (Å²) in [6.07, 6.45) is 10.2. The fourth-order valence-electron chi connectivity index (χ4n) is 8.67. The van der Waals surface area contributed by atoms with Crippen LogP contribution >= 0.6 is 0 Å². The predicted octanol–water partition coefficient (Wildman–Crippen LogP) is 4.57. The molecule has 5 aromatic rings. The third kappa shape index (κ3) is 6.50. The molecular weight excluding hydrogens is 699 g/mol. The Morgan fingerprint density at radius 1 is 0.836 bits per heavy atom. The Morgan fingerprint density at radius 2 is 1.64 bits per heavy atom. The van der Waals surface area contributed by atoms with Crippen molar-refractivity contribution in [1.82, 2.24) is 34.6 Å². The monoisotopic (exact) mass is 741 g/mol. The van der Waals surface area contributed by atoms with Crippen molar-refractivity contribution in [2.45, 2.75) is 62.8 Å². The van der Waals surface area contributed by atoms with Gasteiger partial charge in [0.25, 0.3) is 11.8 Å². The van der Waals surface area contributed by atoms with E-state index in [-0.39, 0.29) is 30.1 Å². The van der Waals surface area contributed by atoms with Crippen molar-refractivity contribution >= 4 is 45.4 Å². The van der Waals surface area contributed by atoms with E-state index >= 15 is 0 Å². The first-order chi connectivity index (χ1) is 26.7. The SMILES string of the molecule is Cn1c2ccncc2c2ccc(-c3ccc(O[C@H]4C[C@H](N(C)C5CCN(CCOc6ccc7c(c6)C(=O)N(C6CCC(=O)NC6=O)C7=O)CC5)C4)nc3)cc21. The lowest BCUT2D eigenvalue weighted by Crippen LogP contribution is -2.54. The van der Waals surface area contributed by atoms with Gasteiger partial charge >= 0.3 is 0 Å². The average Bonchev–Trinajstić information content (AvgIpc) is 3.61. The zero-order valence-electron chi connectivity index (χ0n) is 30.9. The van der Waals surface area contributed by atoms with Crippen molar-refractivity contribution in [1.29, 1.82) is 0 Å². The third-order valence-electron chi connectivity index (χ3n) is 12.0. The van der Waals surface area contributed by atoms with E-state index < -0.39 is 29.7 Å². The highest BCUT2D eigenvalue weighted by atomic mass is 16.5. The molecule has 4 aliphatic rings. The second kappa shape index (κ2) is 14.2. The number of aryl methyl sites for hydroxylation is 1. The molecule has 9 rings (SSSR count). The van der Waals surface area contributed by atoms with Crippen LogP contribution in [0, 0.1) is 0 Å². The molecule has 1 saturated carbocycles. The van der Waals surface area contributed by atoms with Crippen LogP contribution in [0.1, 0.15) is 59.2 Å². The van der Waals surface area contributed by atoms with Gasteiger partial charge in [0.15, 0.2) is 0 Å². The fraction of sp³-hybridized carbons (Fsp3) is 0.381. The number of carbonyl (C=O) groups excluding carboxylic acids is 4. The largest absolute Gasteiger partial charge is 0.492 e. The lowest BCUT2D eigenvalue weighted by Gasteiger charge is -2.46. The predicted molar refractivity (Wildman–Crippen MR) is 205 cm³/mol. The second-order valence-corrected chi connectivity index (χ2v) is 15.2. The summed E-state index contributed by atoms with van der Waals surface area (Å²) in [6, 6.07) is 17.5. The number of carbonyl (C=O) groups is 4. The lowest BCUT2D eigenvalue weighted by atomic mass is 9.86. The van der Waals surface area contributed by atoms with E-state index in [0.717, 1.165) is 66.7 Å². The number of ether oxygens (including phenoxy) is 2. The van der Waals surface area contributed by atoms with Crippen molar-refractivity contribution in [3.63, 3.8) is 0 Å². The first-order valence-corrected chi connectivity index (χ1v) is 19.1. The summed E-state index contributed by atoms with van der Waals surface area (Å²) in [5.41, 5.74) is 4.97. The van der Waals surface area contributed by atoms with E-state index in [9.17, 15) is 19.2 Å². The number of hydrogen-bond donors (Lipinski definition) is 1. The molecule has 0 bridgehead atoms. The Hall–Kier alpha value is -5.66. The van der Waals surface area contributed by atoms with Crippen LogP contribution in [-0.4, -0.2) is 110 Å². The van der Waals surface area contributed by atoms with Gasteiger partial charge in [0, 0.05) is 91.4 Å². The average molecular weight is 742 g/mol. The number of pyridine rings is 2. The van der Waals surface area contributed by atoms with Gasteiger partial charge in [-0.05, 0) is 81.4 Å². The highest BCUT2D eigenvalue weighted by Gasteiger charge is 2.45. The molecule has 0 radical (unpaired) electrons. The topological polar surface area (TPSA) is 139 Å². The van der Waals surface area contributed by atoms with Gasteiger partial charge in [-0.2, -0.15) is 0 Å². The number of hydrogen-bond acceptors (Lipinski definition) is 10. The van der Waals surface area contributed by atoms with Gasteiger partial charge < -0.3 is 18.9 Å². The van der Waals surface area contributed by atoms with Gasteiger partial charge in [0.2, 0.25) is 17.7 Å². The van der Waals surface area contributed by atoms with E-state index in [4.69, 9.17) is 9.47 Å². The Kier molecular flexibility index (Phi) is 9.05. The number of nitrogens with zero attached hydrogens (tertiary/aromatic N) is 6. The Labute approximate surface area is 318 Å². The van der Waals surface area contributed by atoms with Gasteiger partial charge in [0.05, 0.1) is 16.6 Å². The van der Waals surface area contributed by atoms with E-state index in [0.29, 0.717) is 30.3 Å². The minimum absolute atomic E-state index is 0.0845. The number of nitrogens with one attached hydrogen (secondary N) is 1. The Balaban J connectivity index is 0.711. The van der Waals surface area contributed by atoms with Crippen molar-refractivity contribution in [2.75, 3.05) is 33.3 Å². The molecule has 1 N–H and O–H groups in total. The van der Waals surface area contributed by atoms with E-state index in [1.165, 1.54) is 16.4 Å². The van der Waals surface area contributed by atoms with Crippen molar-refractivity contribution in [2.24, 2.45) is 7.05 Å². The zero-order valence-corrected chi connectivity index (χ0v) is 30.9. The smallest absolute Gasteiger partial charge is 0.262 e. The summed E-state index contributed by atoms with van der Waals surface area (Å²) in [7, 11) is 4.33. The molecule has 1 unspecified atom stereocenters.